The summed E-state index contributed by atoms with van der Waals surface area (Å²) in [5, 5.41) is 0. The highest BCUT2D eigenvalue weighted by Gasteiger charge is 2.08. The zero-order chi connectivity index (χ0) is 17.0. The summed E-state index contributed by atoms with van der Waals surface area (Å²) < 4.78 is 33.0. The van der Waals surface area contributed by atoms with Gasteiger partial charge in [-0.15, -0.1) is 0 Å². The Morgan fingerprint density at radius 3 is 1.86 bits per heavy atom. The molecule has 0 saturated heterocycles. The minimum Gasteiger partial charge on any atom is -0.282 e. The lowest BCUT2D eigenvalue weighted by atomic mass is 10.0. The summed E-state index contributed by atoms with van der Waals surface area (Å²) in [7, 11) is -3.89. The molecule has 1 N–H and O–H groups in total. The van der Waals surface area contributed by atoms with E-state index in [0.29, 0.717) is 0 Å². The van der Waals surface area contributed by atoms with Gasteiger partial charge in [-0.05, 0) is 30.5 Å². The average Bonchev–Trinajstić information content (AvgIpc) is 2.57. The maximum Gasteiger partial charge on any atom is 0.294 e. The summed E-state index contributed by atoms with van der Waals surface area (Å²) >= 11 is 0. The van der Waals surface area contributed by atoms with Crippen LogP contribution in [0.4, 0.5) is 0 Å². The molecule has 3 nitrogen and oxygen atoms in total. The van der Waals surface area contributed by atoms with E-state index in [4.69, 9.17) is 1.43 Å². The Kier molecular flexibility index (Phi) is 8.57. The predicted octanol–water partition coefficient (Wildman–Crippen LogP) is 5.40. The van der Waals surface area contributed by atoms with Gasteiger partial charge in [-0.2, -0.15) is 8.42 Å². The Labute approximate surface area is 137 Å². The summed E-state index contributed by atoms with van der Waals surface area (Å²) in [6.07, 6.45) is 14.1. The Hall–Kier alpha value is -0.870. The Bertz CT molecular complexity index is 512. The lowest BCUT2D eigenvalue weighted by Gasteiger charge is -2.04. The summed E-state index contributed by atoms with van der Waals surface area (Å²) in [6, 6.07) is 6.63. The van der Waals surface area contributed by atoms with Crippen molar-refractivity contribution in [3.8, 4) is 0 Å². The van der Waals surface area contributed by atoms with Gasteiger partial charge in [0.1, 0.15) is 0 Å². The van der Waals surface area contributed by atoms with Crippen molar-refractivity contribution in [2.24, 2.45) is 0 Å². The quantitative estimate of drug-likeness (QED) is 0.390. The van der Waals surface area contributed by atoms with E-state index in [-0.39, 0.29) is 4.90 Å². The second-order valence-corrected chi connectivity index (χ2v) is 7.41. The molecule has 1 rings (SSSR count). The molecule has 0 bridgehead atoms. The lowest BCUT2D eigenvalue weighted by Crippen LogP contribution is -1.98. The SMILES string of the molecule is [2H]OS(=O)(=O)c1ccc(CCCCCCCCCCCC)cc1. The number of unbranched alkanes of at least 4 members (excludes halogenated alkanes) is 9. The van der Waals surface area contributed by atoms with E-state index < -0.39 is 10.1 Å². The molecule has 0 saturated carbocycles. The smallest absolute Gasteiger partial charge is 0.282 e. The average molecular weight is 328 g/mol. The highest BCUT2D eigenvalue weighted by molar-refractivity contribution is 7.85. The molecule has 0 aliphatic carbocycles. The van der Waals surface area contributed by atoms with E-state index >= 15 is 0 Å². The molecular weight excluding hydrogens is 296 g/mol. The molecule has 1 aromatic carbocycles. The van der Waals surface area contributed by atoms with Gasteiger partial charge >= 0.3 is 0 Å². The van der Waals surface area contributed by atoms with Crippen LogP contribution in [0.15, 0.2) is 29.2 Å². The molecule has 0 spiro atoms. The minimum absolute atomic E-state index is 0.0410. The van der Waals surface area contributed by atoms with E-state index in [9.17, 15) is 8.42 Å². The lowest BCUT2D eigenvalue weighted by molar-refractivity contribution is 0.483. The molecule has 0 aliphatic rings. The van der Waals surface area contributed by atoms with E-state index in [1.807, 2.05) is 0 Å². The largest absolute Gasteiger partial charge is 0.294 e. The molecule has 0 unspecified atom stereocenters. The van der Waals surface area contributed by atoms with Crippen LogP contribution in [0.25, 0.3) is 1.43 Å². The number of rotatable bonds is 13. The van der Waals surface area contributed by atoms with Gasteiger partial charge in [0, 0.05) is 0 Å². The zero-order valence-corrected chi connectivity index (χ0v) is 14.5. The van der Waals surface area contributed by atoms with Crippen LogP contribution < -0.4 is 0 Å². The highest BCUT2D eigenvalue weighted by atomic mass is 32.2. The topological polar surface area (TPSA) is 54.4 Å². The van der Waals surface area contributed by atoms with Gasteiger partial charge in [0.25, 0.3) is 10.1 Å². The monoisotopic (exact) mass is 327 g/mol. The molecule has 0 atom stereocenters. The van der Waals surface area contributed by atoms with E-state index in [1.54, 1.807) is 12.1 Å². The van der Waals surface area contributed by atoms with Crippen molar-refractivity contribution in [1.29, 1.82) is 1.43 Å². The fourth-order valence-corrected chi connectivity index (χ4v) is 3.11. The van der Waals surface area contributed by atoms with Gasteiger partial charge in [0.15, 0.2) is 0 Å². The van der Waals surface area contributed by atoms with Crippen molar-refractivity contribution in [2.75, 3.05) is 0 Å². The minimum atomic E-state index is -3.89. The first-order chi connectivity index (χ1) is 11.1. The standard InChI is InChI=1S/C18H30O3S/c1-2-3-4-5-6-7-8-9-10-11-12-17-13-15-18(16-14-17)22(19,20)21/h13-16H,2-12H2,1H3,(H,19,20,21)/i/hD. The van der Waals surface area contributed by atoms with Crippen LogP contribution in [0.5, 0.6) is 0 Å². The second kappa shape index (κ2) is 10.8. The van der Waals surface area contributed by atoms with Gasteiger partial charge in [0.05, 0.1) is 4.90 Å². The molecule has 0 aliphatic heterocycles. The summed E-state index contributed by atoms with van der Waals surface area (Å²) in [4.78, 5) is 0.0410. The van der Waals surface area contributed by atoms with E-state index in [2.05, 4.69) is 11.5 Å². The van der Waals surface area contributed by atoms with Crippen molar-refractivity contribution in [2.45, 2.75) is 82.4 Å². The molecule has 0 heterocycles. The van der Waals surface area contributed by atoms with Crippen LogP contribution in [-0.2, 0) is 16.5 Å². The fourth-order valence-electron chi connectivity index (χ4n) is 2.64. The van der Waals surface area contributed by atoms with Gasteiger partial charge in [-0.1, -0.05) is 76.8 Å². The third-order valence-corrected chi connectivity index (χ3v) is 4.88. The molecule has 0 fully saturated rings. The van der Waals surface area contributed by atoms with Crippen LogP contribution in [0.1, 0.15) is 76.7 Å². The maximum atomic E-state index is 11.3. The van der Waals surface area contributed by atoms with E-state index in [0.717, 1.165) is 18.4 Å². The number of hydrogen-bond donors (Lipinski definition) is 1. The van der Waals surface area contributed by atoms with Crippen molar-refractivity contribution in [3.63, 3.8) is 0 Å². The zero-order valence-electron chi connectivity index (χ0n) is 14.7. The summed E-state index contributed by atoms with van der Waals surface area (Å²) in [6.45, 7) is 2.25. The Balaban J connectivity index is 2.10. The summed E-state index contributed by atoms with van der Waals surface area (Å²) in [5.74, 6) is 0. The van der Waals surface area contributed by atoms with Crippen LogP contribution in [0.3, 0.4) is 0 Å². The highest BCUT2D eigenvalue weighted by Crippen LogP contribution is 2.14. The first-order valence-corrected chi connectivity index (χ1v) is 9.99. The number of benzene rings is 1. The van der Waals surface area contributed by atoms with Gasteiger partial charge in [0.2, 0.25) is 1.43 Å². The van der Waals surface area contributed by atoms with Crippen molar-refractivity contribution >= 4 is 10.1 Å². The first-order valence-electron chi connectivity index (χ1n) is 8.99. The second-order valence-electron chi connectivity index (χ2n) is 6.03. The maximum absolute atomic E-state index is 11.3. The number of aryl methyl sites for hydroxylation is 1. The molecule has 0 aromatic heterocycles. The van der Waals surface area contributed by atoms with Gasteiger partial charge in [-0.3, -0.25) is 4.56 Å². The third kappa shape index (κ3) is 8.54. The van der Waals surface area contributed by atoms with Crippen LogP contribution in [-0.4, -0.2) is 13.0 Å². The molecule has 4 heteroatoms. The van der Waals surface area contributed by atoms with Crippen LogP contribution >= 0.6 is 0 Å². The van der Waals surface area contributed by atoms with Crippen molar-refractivity contribution in [1.82, 2.24) is 0 Å². The fraction of sp³-hybridized carbons (Fsp3) is 0.667. The van der Waals surface area contributed by atoms with Gasteiger partial charge in [-0.25, -0.2) is 0 Å². The summed E-state index contributed by atoms with van der Waals surface area (Å²) in [5.41, 5.74) is 1.13. The Morgan fingerprint density at radius 2 is 1.36 bits per heavy atom. The normalized spacial score (nSPS) is 12.3. The first kappa shape index (κ1) is 17.5. The number of hydrogen-bond acceptors (Lipinski definition) is 3. The Morgan fingerprint density at radius 1 is 0.864 bits per heavy atom. The van der Waals surface area contributed by atoms with Crippen molar-refractivity contribution in [3.05, 3.63) is 29.8 Å². The molecule has 1 aromatic rings. The third-order valence-electron chi connectivity index (χ3n) is 4.03. The predicted molar refractivity (Wildman–Crippen MR) is 91.8 cm³/mol. The van der Waals surface area contributed by atoms with Crippen LogP contribution in [0.2, 0.25) is 0 Å². The molecule has 0 radical (unpaired) electrons. The van der Waals surface area contributed by atoms with Crippen LogP contribution in [0, 0.1) is 0 Å². The van der Waals surface area contributed by atoms with Crippen molar-refractivity contribution < 1.29 is 13.0 Å². The molecular formula is C18H30O3S. The molecule has 22 heavy (non-hydrogen) atoms. The van der Waals surface area contributed by atoms with Gasteiger partial charge < -0.3 is 0 Å². The molecule has 126 valence electrons. The van der Waals surface area contributed by atoms with E-state index in [1.165, 1.54) is 69.9 Å². The molecule has 0 amide bonds.